The van der Waals surface area contributed by atoms with E-state index in [2.05, 4.69) is 9.98 Å². The SMILES string of the molecule is O=C1OC(c2ccccc2F)=NC1=Cc1csc(-c2ccc(Cl)cc2)n1. The number of aliphatic imine (C=N–C) groups is 1. The maximum atomic E-state index is 13.8. The molecule has 0 saturated heterocycles. The third kappa shape index (κ3) is 3.29. The summed E-state index contributed by atoms with van der Waals surface area (Å²) in [4.78, 5) is 20.6. The molecule has 26 heavy (non-hydrogen) atoms. The summed E-state index contributed by atoms with van der Waals surface area (Å²) in [6, 6.07) is 13.3. The van der Waals surface area contributed by atoms with Crippen molar-refractivity contribution in [2.24, 2.45) is 4.99 Å². The lowest BCUT2D eigenvalue weighted by Crippen LogP contribution is -2.07. The number of nitrogens with zero attached hydrogens (tertiary/aromatic N) is 2. The lowest BCUT2D eigenvalue weighted by atomic mass is 10.2. The second-order valence-electron chi connectivity index (χ2n) is 5.40. The summed E-state index contributed by atoms with van der Waals surface area (Å²) in [5.41, 5.74) is 1.72. The van der Waals surface area contributed by atoms with Crippen LogP contribution in [0.2, 0.25) is 5.02 Å². The minimum atomic E-state index is -0.635. The summed E-state index contributed by atoms with van der Waals surface area (Å²) in [5.74, 6) is -1.18. The van der Waals surface area contributed by atoms with Crippen molar-refractivity contribution in [2.75, 3.05) is 0 Å². The smallest absolute Gasteiger partial charge is 0.363 e. The van der Waals surface area contributed by atoms with Gasteiger partial charge in [-0.05, 0) is 30.3 Å². The van der Waals surface area contributed by atoms with Crippen molar-refractivity contribution in [1.82, 2.24) is 4.98 Å². The van der Waals surface area contributed by atoms with Crippen LogP contribution in [0, 0.1) is 5.82 Å². The fraction of sp³-hybridized carbons (Fsp3) is 0. The van der Waals surface area contributed by atoms with Crippen LogP contribution in [0.15, 0.2) is 64.6 Å². The molecule has 0 fully saturated rings. The van der Waals surface area contributed by atoms with Gasteiger partial charge in [0, 0.05) is 16.0 Å². The van der Waals surface area contributed by atoms with Gasteiger partial charge in [-0.2, -0.15) is 0 Å². The third-order valence-corrected chi connectivity index (χ3v) is 4.78. The molecule has 0 saturated carbocycles. The Morgan fingerprint density at radius 3 is 2.65 bits per heavy atom. The van der Waals surface area contributed by atoms with Gasteiger partial charge in [0.2, 0.25) is 5.90 Å². The molecule has 0 bridgehead atoms. The largest absolute Gasteiger partial charge is 0.402 e. The standard InChI is InChI=1S/C19H10ClFN2O2S/c20-12-7-5-11(6-8-12)18-22-13(10-26-18)9-16-19(24)25-17(23-16)14-3-1-2-4-15(14)21/h1-10H. The first-order valence-corrected chi connectivity index (χ1v) is 8.85. The lowest BCUT2D eigenvalue weighted by Gasteiger charge is -1.99. The molecular weight excluding hydrogens is 375 g/mol. The molecule has 2 heterocycles. The number of thiazole rings is 1. The zero-order chi connectivity index (χ0) is 18.1. The van der Waals surface area contributed by atoms with Crippen molar-refractivity contribution in [2.45, 2.75) is 0 Å². The zero-order valence-corrected chi connectivity index (χ0v) is 14.7. The quantitative estimate of drug-likeness (QED) is 0.474. The van der Waals surface area contributed by atoms with E-state index in [0.717, 1.165) is 10.6 Å². The van der Waals surface area contributed by atoms with Crippen LogP contribution in [-0.4, -0.2) is 16.9 Å². The van der Waals surface area contributed by atoms with Crippen molar-refractivity contribution in [3.8, 4) is 10.6 Å². The summed E-state index contributed by atoms with van der Waals surface area (Å²) in [6.07, 6.45) is 1.52. The Balaban J connectivity index is 1.63. The first-order valence-electron chi connectivity index (χ1n) is 7.59. The van der Waals surface area contributed by atoms with Gasteiger partial charge in [-0.25, -0.2) is 19.2 Å². The average molecular weight is 385 g/mol. The molecule has 128 valence electrons. The molecule has 0 amide bonds. The van der Waals surface area contributed by atoms with Crippen molar-refractivity contribution < 1.29 is 13.9 Å². The van der Waals surface area contributed by atoms with Crippen LogP contribution in [-0.2, 0) is 9.53 Å². The van der Waals surface area contributed by atoms with Crippen LogP contribution < -0.4 is 0 Å². The van der Waals surface area contributed by atoms with E-state index in [1.165, 1.54) is 29.5 Å². The minimum Gasteiger partial charge on any atom is -0.402 e. The summed E-state index contributed by atoms with van der Waals surface area (Å²) in [5, 5.41) is 3.25. The molecule has 1 aliphatic rings. The highest BCUT2D eigenvalue weighted by atomic mass is 35.5. The second-order valence-corrected chi connectivity index (χ2v) is 6.69. The highest BCUT2D eigenvalue weighted by Crippen LogP contribution is 2.27. The molecule has 0 radical (unpaired) electrons. The Labute approximate surface area is 157 Å². The van der Waals surface area contributed by atoms with Crippen LogP contribution in [0.3, 0.4) is 0 Å². The molecule has 0 N–H and O–H groups in total. The van der Waals surface area contributed by atoms with E-state index in [0.29, 0.717) is 10.7 Å². The summed E-state index contributed by atoms with van der Waals surface area (Å²) < 4.78 is 18.9. The predicted molar refractivity (Wildman–Crippen MR) is 99.6 cm³/mol. The molecule has 7 heteroatoms. The number of hydrogen-bond acceptors (Lipinski definition) is 5. The summed E-state index contributed by atoms with van der Waals surface area (Å²) >= 11 is 7.32. The number of esters is 1. The lowest BCUT2D eigenvalue weighted by molar-refractivity contribution is -0.129. The zero-order valence-electron chi connectivity index (χ0n) is 13.1. The van der Waals surface area contributed by atoms with Gasteiger partial charge < -0.3 is 4.74 Å². The molecule has 4 nitrogen and oxygen atoms in total. The van der Waals surface area contributed by atoms with Crippen LogP contribution in [0.5, 0.6) is 0 Å². The van der Waals surface area contributed by atoms with Crippen molar-refractivity contribution in [1.29, 1.82) is 0 Å². The van der Waals surface area contributed by atoms with Crippen LogP contribution in [0.25, 0.3) is 16.6 Å². The molecule has 0 aliphatic carbocycles. The van der Waals surface area contributed by atoms with E-state index in [-0.39, 0.29) is 17.2 Å². The maximum absolute atomic E-state index is 13.8. The number of aromatic nitrogens is 1. The molecule has 1 aromatic heterocycles. The fourth-order valence-corrected chi connectivity index (χ4v) is 3.29. The van der Waals surface area contributed by atoms with Gasteiger partial charge in [0.25, 0.3) is 0 Å². The number of carbonyl (C=O) groups excluding carboxylic acids is 1. The number of cyclic esters (lactones) is 1. The Hall–Kier alpha value is -2.83. The predicted octanol–water partition coefficient (Wildman–Crippen LogP) is 4.95. The van der Waals surface area contributed by atoms with Gasteiger partial charge in [0.05, 0.1) is 11.3 Å². The number of rotatable bonds is 3. The van der Waals surface area contributed by atoms with E-state index < -0.39 is 11.8 Å². The summed E-state index contributed by atoms with van der Waals surface area (Å²) in [7, 11) is 0. The van der Waals surface area contributed by atoms with Gasteiger partial charge in [-0.3, -0.25) is 0 Å². The first kappa shape index (κ1) is 16.6. The Morgan fingerprint density at radius 1 is 1.12 bits per heavy atom. The number of ether oxygens (including phenoxy) is 1. The van der Waals surface area contributed by atoms with Crippen molar-refractivity contribution in [3.05, 3.63) is 81.7 Å². The fourth-order valence-electron chi connectivity index (χ4n) is 2.38. The average Bonchev–Trinajstić information content (AvgIpc) is 3.24. The summed E-state index contributed by atoms with van der Waals surface area (Å²) in [6.45, 7) is 0. The minimum absolute atomic E-state index is 0.0486. The second kappa shape index (κ2) is 6.82. The topological polar surface area (TPSA) is 51.5 Å². The van der Waals surface area contributed by atoms with Gasteiger partial charge >= 0.3 is 5.97 Å². The van der Waals surface area contributed by atoms with Crippen molar-refractivity contribution >= 4 is 40.9 Å². The molecule has 4 rings (SSSR count). The Bertz CT molecular complexity index is 1060. The molecule has 3 aromatic rings. The molecule has 0 unspecified atom stereocenters. The van der Waals surface area contributed by atoms with E-state index in [1.54, 1.807) is 29.6 Å². The van der Waals surface area contributed by atoms with Crippen LogP contribution in [0.4, 0.5) is 4.39 Å². The molecular formula is C19H10ClFN2O2S. The van der Waals surface area contributed by atoms with Gasteiger partial charge in [-0.15, -0.1) is 11.3 Å². The highest BCUT2D eigenvalue weighted by Gasteiger charge is 2.26. The monoisotopic (exact) mass is 384 g/mol. The molecule has 0 atom stereocenters. The Kier molecular flexibility index (Phi) is 4.36. The highest BCUT2D eigenvalue weighted by molar-refractivity contribution is 7.13. The number of carbonyl (C=O) groups is 1. The molecule has 2 aromatic carbocycles. The van der Waals surface area contributed by atoms with Gasteiger partial charge in [0.15, 0.2) is 5.70 Å². The number of hydrogen-bond donors (Lipinski definition) is 0. The third-order valence-electron chi connectivity index (χ3n) is 3.62. The van der Waals surface area contributed by atoms with Crippen molar-refractivity contribution in [3.63, 3.8) is 0 Å². The van der Waals surface area contributed by atoms with E-state index >= 15 is 0 Å². The van der Waals surface area contributed by atoms with Gasteiger partial charge in [-0.1, -0.05) is 35.9 Å². The maximum Gasteiger partial charge on any atom is 0.363 e. The van der Waals surface area contributed by atoms with Crippen LogP contribution in [0.1, 0.15) is 11.3 Å². The number of halogens is 2. The molecule has 1 aliphatic heterocycles. The van der Waals surface area contributed by atoms with Gasteiger partial charge in [0.1, 0.15) is 10.8 Å². The van der Waals surface area contributed by atoms with Crippen LogP contribution >= 0.6 is 22.9 Å². The normalized spacial score (nSPS) is 15.2. The Morgan fingerprint density at radius 2 is 1.88 bits per heavy atom. The first-order chi connectivity index (χ1) is 12.6. The molecule has 0 spiro atoms. The van der Waals surface area contributed by atoms with E-state index in [9.17, 15) is 9.18 Å². The number of benzene rings is 2. The van der Waals surface area contributed by atoms with E-state index in [1.807, 2.05) is 12.1 Å². The van der Waals surface area contributed by atoms with E-state index in [4.69, 9.17) is 16.3 Å².